The van der Waals surface area contributed by atoms with E-state index in [4.69, 9.17) is 15.2 Å². The molecule has 0 aliphatic heterocycles. The SMILES string of the molecule is CCCOC(=O)Nc1ccc(-c2c(N)c3cc(OC)ccc3n2CC)cc1. The molecule has 1 amide bonds. The van der Waals surface area contributed by atoms with E-state index < -0.39 is 6.09 Å². The van der Waals surface area contributed by atoms with Gasteiger partial charge in [-0.1, -0.05) is 19.1 Å². The third kappa shape index (κ3) is 3.69. The molecule has 0 bridgehead atoms. The van der Waals surface area contributed by atoms with Crippen molar-refractivity contribution in [3.05, 3.63) is 42.5 Å². The van der Waals surface area contributed by atoms with Crippen LogP contribution in [-0.2, 0) is 11.3 Å². The second kappa shape index (κ2) is 8.03. The highest BCUT2D eigenvalue weighted by Crippen LogP contribution is 2.38. The molecule has 6 nitrogen and oxygen atoms in total. The van der Waals surface area contributed by atoms with E-state index in [0.29, 0.717) is 18.0 Å². The number of anilines is 2. The molecular weight excluding hydrogens is 342 g/mol. The van der Waals surface area contributed by atoms with Crippen LogP contribution in [0, 0.1) is 0 Å². The summed E-state index contributed by atoms with van der Waals surface area (Å²) in [5.41, 5.74) is 10.9. The van der Waals surface area contributed by atoms with Crippen LogP contribution in [0.3, 0.4) is 0 Å². The van der Waals surface area contributed by atoms with E-state index in [9.17, 15) is 4.79 Å². The molecule has 6 heteroatoms. The zero-order valence-corrected chi connectivity index (χ0v) is 15.9. The fraction of sp³-hybridized carbons (Fsp3) is 0.286. The van der Waals surface area contributed by atoms with E-state index in [1.54, 1.807) is 7.11 Å². The van der Waals surface area contributed by atoms with Gasteiger partial charge in [-0.15, -0.1) is 0 Å². The van der Waals surface area contributed by atoms with Gasteiger partial charge in [-0.25, -0.2) is 4.79 Å². The zero-order valence-electron chi connectivity index (χ0n) is 15.9. The van der Waals surface area contributed by atoms with Gasteiger partial charge in [0.05, 0.1) is 30.6 Å². The predicted molar refractivity (Wildman–Crippen MR) is 109 cm³/mol. The Kier molecular flexibility index (Phi) is 5.54. The van der Waals surface area contributed by atoms with E-state index in [1.165, 1.54) is 0 Å². The highest BCUT2D eigenvalue weighted by Gasteiger charge is 2.16. The van der Waals surface area contributed by atoms with Crippen molar-refractivity contribution in [1.29, 1.82) is 0 Å². The van der Waals surface area contributed by atoms with Crippen LogP contribution in [0.2, 0.25) is 0 Å². The molecule has 0 unspecified atom stereocenters. The van der Waals surface area contributed by atoms with Crippen molar-refractivity contribution in [2.75, 3.05) is 24.8 Å². The molecule has 0 saturated heterocycles. The van der Waals surface area contributed by atoms with Crippen molar-refractivity contribution in [1.82, 2.24) is 4.57 Å². The number of methoxy groups -OCH3 is 1. The average Bonchev–Trinajstić information content (AvgIpc) is 2.98. The minimum Gasteiger partial charge on any atom is -0.497 e. The number of hydrogen-bond donors (Lipinski definition) is 2. The third-order valence-electron chi connectivity index (χ3n) is 4.47. The highest BCUT2D eigenvalue weighted by molar-refractivity contribution is 6.01. The molecule has 3 rings (SSSR count). The number of aryl methyl sites for hydroxylation is 1. The minimum atomic E-state index is -0.445. The number of hydrogen-bond acceptors (Lipinski definition) is 4. The Bertz CT molecular complexity index is 945. The minimum absolute atomic E-state index is 0.403. The Hall–Kier alpha value is -3.15. The van der Waals surface area contributed by atoms with E-state index in [-0.39, 0.29) is 0 Å². The first-order chi connectivity index (χ1) is 13.1. The maximum atomic E-state index is 11.7. The Morgan fingerprint density at radius 2 is 1.89 bits per heavy atom. The van der Waals surface area contributed by atoms with Crippen molar-refractivity contribution in [2.45, 2.75) is 26.8 Å². The number of rotatable bonds is 6. The van der Waals surface area contributed by atoms with Crippen LogP contribution >= 0.6 is 0 Å². The number of fused-ring (bicyclic) bond motifs is 1. The molecule has 0 aliphatic carbocycles. The smallest absolute Gasteiger partial charge is 0.411 e. The molecule has 27 heavy (non-hydrogen) atoms. The van der Waals surface area contributed by atoms with Crippen molar-refractivity contribution >= 4 is 28.4 Å². The molecule has 0 atom stereocenters. The van der Waals surface area contributed by atoms with Gasteiger partial charge in [0.2, 0.25) is 0 Å². The molecule has 0 fully saturated rings. The van der Waals surface area contributed by atoms with Crippen LogP contribution in [0.25, 0.3) is 22.2 Å². The molecule has 0 spiro atoms. The first-order valence-corrected chi connectivity index (χ1v) is 9.09. The third-order valence-corrected chi connectivity index (χ3v) is 4.47. The number of amides is 1. The summed E-state index contributed by atoms with van der Waals surface area (Å²) >= 11 is 0. The van der Waals surface area contributed by atoms with Gasteiger partial charge < -0.3 is 19.8 Å². The van der Waals surface area contributed by atoms with Gasteiger partial charge >= 0.3 is 6.09 Å². The fourth-order valence-corrected chi connectivity index (χ4v) is 3.19. The van der Waals surface area contributed by atoms with Crippen molar-refractivity contribution in [3.63, 3.8) is 0 Å². The summed E-state index contributed by atoms with van der Waals surface area (Å²) < 4.78 is 12.6. The first-order valence-electron chi connectivity index (χ1n) is 9.09. The largest absolute Gasteiger partial charge is 0.497 e. The number of carbonyl (C=O) groups excluding carboxylic acids is 1. The first kappa shape index (κ1) is 18.6. The lowest BCUT2D eigenvalue weighted by Crippen LogP contribution is -2.13. The van der Waals surface area contributed by atoms with Crippen LogP contribution < -0.4 is 15.8 Å². The summed E-state index contributed by atoms with van der Waals surface area (Å²) in [6.07, 6.45) is 0.344. The molecular formula is C21H25N3O3. The number of nitrogens with one attached hydrogen (secondary N) is 1. The zero-order chi connectivity index (χ0) is 19.4. The van der Waals surface area contributed by atoms with Gasteiger partial charge in [0.15, 0.2) is 0 Å². The molecule has 0 aliphatic rings. The summed E-state index contributed by atoms with van der Waals surface area (Å²) in [4.78, 5) is 11.7. The maximum Gasteiger partial charge on any atom is 0.411 e. The number of benzene rings is 2. The standard InChI is InChI=1S/C21H25N3O3/c1-4-12-27-21(25)23-15-8-6-14(7-9-15)20-19(22)17-13-16(26-3)10-11-18(17)24(20)5-2/h6-11,13H,4-5,12,22H2,1-3H3,(H,23,25). The van der Waals surface area contributed by atoms with E-state index >= 15 is 0 Å². The normalized spacial score (nSPS) is 10.8. The van der Waals surface area contributed by atoms with Crippen LogP contribution in [0.15, 0.2) is 42.5 Å². The predicted octanol–water partition coefficient (Wildman–Crippen LogP) is 4.88. The Balaban J connectivity index is 1.95. The Labute approximate surface area is 158 Å². The average molecular weight is 367 g/mol. The summed E-state index contributed by atoms with van der Waals surface area (Å²) in [5, 5.41) is 3.69. The van der Waals surface area contributed by atoms with E-state index in [0.717, 1.165) is 40.9 Å². The maximum absolute atomic E-state index is 11.7. The van der Waals surface area contributed by atoms with Crippen LogP contribution in [0.4, 0.5) is 16.2 Å². The van der Waals surface area contributed by atoms with Crippen LogP contribution in [0.1, 0.15) is 20.3 Å². The Morgan fingerprint density at radius 1 is 1.15 bits per heavy atom. The summed E-state index contributed by atoms with van der Waals surface area (Å²) in [5.74, 6) is 0.777. The quantitative estimate of drug-likeness (QED) is 0.651. The molecule has 0 saturated carbocycles. The highest BCUT2D eigenvalue weighted by atomic mass is 16.5. The Morgan fingerprint density at radius 3 is 2.52 bits per heavy atom. The lowest BCUT2D eigenvalue weighted by atomic mass is 10.1. The van der Waals surface area contributed by atoms with Crippen LogP contribution in [-0.4, -0.2) is 24.4 Å². The lowest BCUT2D eigenvalue weighted by Gasteiger charge is -2.10. The number of carbonyl (C=O) groups is 1. The molecule has 3 N–H and O–H groups in total. The molecule has 142 valence electrons. The summed E-state index contributed by atoms with van der Waals surface area (Å²) in [6, 6.07) is 13.5. The summed E-state index contributed by atoms with van der Waals surface area (Å²) in [6.45, 7) is 5.24. The van der Waals surface area contributed by atoms with Gasteiger partial charge in [-0.3, -0.25) is 5.32 Å². The topological polar surface area (TPSA) is 78.5 Å². The van der Waals surface area contributed by atoms with Gasteiger partial charge in [0.25, 0.3) is 0 Å². The fourth-order valence-electron chi connectivity index (χ4n) is 3.19. The molecule has 0 radical (unpaired) electrons. The number of nitrogens with two attached hydrogens (primary N) is 1. The monoisotopic (exact) mass is 367 g/mol. The summed E-state index contributed by atoms with van der Waals surface area (Å²) in [7, 11) is 1.65. The van der Waals surface area contributed by atoms with Crippen molar-refractivity contribution < 1.29 is 14.3 Å². The second-order valence-corrected chi connectivity index (χ2v) is 6.23. The number of nitrogens with zero attached hydrogens (tertiary/aromatic N) is 1. The number of ether oxygens (including phenoxy) is 2. The number of nitrogen functional groups attached to an aromatic ring is 1. The van der Waals surface area contributed by atoms with Gasteiger partial charge in [-0.05, 0) is 43.7 Å². The molecule has 1 aromatic heterocycles. The van der Waals surface area contributed by atoms with Crippen molar-refractivity contribution in [3.8, 4) is 17.0 Å². The molecule has 1 heterocycles. The second-order valence-electron chi connectivity index (χ2n) is 6.23. The number of aromatic nitrogens is 1. The van der Waals surface area contributed by atoms with E-state index in [2.05, 4.69) is 16.8 Å². The van der Waals surface area contributed by atoms with Crippen LogP contribution in [0.5, 0.6) is 5.75 Å². The molecule has 2 aromatic carbocycles. The van der Waals surface area contributed by atoms with Gasteiger partial charge in [0, 0.05) is 23.2 Å². The van der Waals surface area contributed by atoms with Crippen molar-refractivity contribution in [2.24, 2.45) is 0 Å². The lowest BCUT2D eigenvalue weighted by molar-refractivity contribution is 0.161. The molecule has 3 aromatic rings. The van der Waals surface area contributed by atoms with E-state index in [1.807, 2.05) is 49.4 Å². The van der Waals surface area contributed by atoms with Gasteiger partial charge in [0.1, 0.15) is 5.75 Å². The van der Waals surface area contributed by atoms with Gasteiger partial charge in [-0.2, -0.15) is 0 Å².